The summed E-state index contributed by atoms with van der Waals surface area (Å²) >= 11 is 0. The van der Waals surface area contributed by atoms with E-state index in [1.807, 2.05) is 7.05 Å². The van der Waals surface area contributed by atoms with E-state index in [-0.39, 0.29) is 6.10 Å². The van der Waals surface area contributed by atoms with Crippen molar-refractivity contribution < 1.29 is 9.84 Å². The summed E-state index contributed by atoms with van der Waals surface area (Å²) in [5.74, 6) is 1.01. The molecule has 2 unspecified atom stereocenters. The molecule has 126 valence electrons. The van der Waals surface area contributed by atoms with E-state index in [9.17, 15) is 5.11 Å². The standard InChI is InChI=1S/C17H31N3O2/c1-3-22-15-12-14(17(15)8-4-5-9-17)19-16(18-2)20-10-6-13(21)7-11-20/h13-15,21H,3-12H2,1-2H3,(H,18,19). The van der Waals surface area contributed by atoms with Gasteiger partial charge in [0.15, 0.2) is 5.96 Å². The highest BCUT2D eigenvalue weighted by Gasteiger charge is 2.57. The van der Waals surface area contributed by atoms with E-state index in [1.54, 1.807) is 0 Å². The molecule has 0 aromatic rings. The Morgan fingerprint density at radius 1 is 1.32 bits per heavy atom. The smallest absolute Gasteiger partial charge is 0.193 e. The van der Waals surface area contributed by atoms with Crippen LogP contribution in [0.4, 0.5) is 0 Å². The Hall–Kier alpha value is -0.810. The van der Waals surface area contributed by atoms with Crippen molar-refractivity contribution in [1.29, 1.82) is 0 Å². The van der Waals surface area contributed by atoms with Crippen LogP contribution in [0.25, 0.3) is 0 Å². The predicted octanol–water partition coefficient (Wildman–Crippen LogP) is 1.76. The molecule has 1 heterocycles. The highest BCUT2D eigenvalue weighted by Crippen LogP contribution is 2.54. The molecule has 5 heteroatoms. The lowest BCUT2D eigenvalue weighted by Gasteiger charge is -2.55. The molecule has 2 atom stereocenters. The third-order valence-corrected chi connectivity index (χ3v) is 5.97. The summed E-state index contributed by atoms with van der Waals surface area (Å²) in [7, 11) is 1.87. The molecule has 1 aliphatic heterocycles. The van der Waals surface area contributed by atoms with Crippen molar-refractivity contribution in [3.05, 3.63) is 0 Å². The maximum Gasteiger partial charge on any atom is 0.193 e. The van der Waals surface area contributed by atoms with Crippen molar-refractivity contribution in [2.45, 2.75) is 70.1 Å². The Balaban J connectivity index is 1.62. The van der Waals surface area contributed by atoms with Crippen LogP contribution in [0.15, 0.2) is 4.99 Å². The molecule has 3 rings (SSSR count). The van der Waals surface area contributed by atoms with E-state index in [1.165, 1.54) is 25.7 Å². The first kappa shape index (κ1) is 16.1. The minimum absolute atomic E-state index is 0.137. The van der Waals surface area contributed by atoms with Gasteiger partial charge in [0.25, 0.3) is 0 Å². The van der Waals surface area contributed by atoms with Crippen LogP contribution in [0.5, 0.6) is 0 Å². The number of ether oxygens (including phenoxy) is 1. The first-order chi connectivity index (χ1) is 10.7. The molecule has 1 spiro atoms. The summed E-state index contributed by atoms with van der Waals surface area (Å²) in [5.41, 5.74) is 0.335. The van der Waals surface area contributed by atoms with Crippen molar-refractivity contribution in [3.8, 4) is 0 Å². The van der Waals surface area contributed by atoms with Crippen LogP contribution in [-0.4, -0.2) is 61.0 Å². The number of hydrogen-bond donors (Lipinski definition) is 2. The van der Waals surface area contributed by atoms with Gasteiger partial charge in [-0.05, 0) is 39.0 Å². The Kier molecular flexibility index (Phi) is 4.93. The van der Waals surface area contributed by atoms with Gasteiger partial charge in [-0.15, -0.1) is 0 Å². The molecule has 2 N–H and O–H groups in total. The number of aliphatic hydroxyl groups is 1. The number of likely N-dealkylation sites (tertiary alicyclic amines) is 1. The van der Waals surface area contributed by atoms with Crippen LogP contribution in [-0.2, 0) is 4.74 Å². The quantitative estimate of drug-likeness (QED) is 0.616. The minimum Gasteiger partial charge on any atom is -0.393 e. The molecule has 5 nitrogen and oxygen atoms in total. The van der Waals surface area contributed by atoms with Gasteiger partial charge in [0.2, 0.25) is 0 Å². The van der Waals surface area contributed by atoms with Crippen LogP contribution < -0.4 is 5.32 Å². The summed E-state index contributed by atoms with van der Waals surface area (Å²) in [6.45, 7) is 4.71. The second-order valence-corrected chi connectivity index (χ2v) is 7.08. The number of aliphatic imine (C=N–C) groups is 1. The third kappa shape index (κ3) is 2.85. The molecule has 0 aromatic carbocycles. The van der Waals surface area contributed by atoms with Crippen LogP contribution in [0.1, 0.15) is 51.9 Å². The topological polar surface area (TPSA) is 57.1 Å². The van der Waals surface area contributed by atoms with Crippen molar-refractivity contribution in [1.82, 2.24) is 10.2 Å². The van der Waals surface area contributed by atoms with Crippen LogP contribution in [0.2, 0.25) is 0 Å². The lowest BCUT2D eigenvalue weighted by Crippen LogP contribution is -2.65. The lowest BCUT2D eigenvalue weighted by atomic mass is 9.60. The van der Waals surface area contributed by atoms with Gasteiger partial charge in [-0.1, -0.05) is 12.8 Å². The van der Waals surface area contributed by atoms with E-state index in [2.05, 4.69) is 22.1 Å². The van der Waals surface area contributed by atoms with Crippen molar-refractivity contribution in [3.63, 3.8) is 0 Å². The third-order valence-electron chi connectivity index (χ3n) is 5.97. The Morgan fingerprint density at radius 2 is 2.00 bits per heavy atom. The molecule has 0 radical (unpaired) electrons. The van der Waals surface area contributed by atoms with Crippen LogP contribution >= 0.6 is 0 Å². The summed E-state index contributed by atoms with van der Waals surface area (Å²) in [6.07, 6.45) is 8.31. The maximum atomic E-state index is 9.68. The summed E-state index contributed by atoms with van der Waals surface area (Å²) in [5, 5.41) is 13.4. The lowest BCUT2D eigenvalue weighted by molar-refractivity contribution is -0.126. The highest BCUT2D eigenvalue weighted by molar-refractivity contribution is 5.80. The van der Waals surface area contributed by atoms with Gasteiger partial charge in [-0.3, -0.25) is 4.99 Å². The van der Waals surface area contributed by atoms with Gasteiger partial charge >= 0.3 is 0 Å². The molecule has 3 fully saturated rings. The number of rotatable bonds is 3. The average Bonchev–Trinajstić information content (AvgIpc) is 3.04. The number of nitrogens with one attached hydrogen (secondary N) is 1. The van der Waals surface area contributed by atoms with Crippen molar-refractivity contribution >= 4 is 5.96 Å². The van der Waals surface area contributed by atoms with Crippen LogP contribution in [0.3, 0.4) is 0 Å². The first-order valence-corrected chi connectivity index (χ1v) is 8.97. The summed E-state index contributed by atoms with van der Waals surface area (Å²) < 4.78 is 5.99. The fourth-order valence-electron chi connectivity index (χ4n) is 4.62. The van der Waals surface area contributed by atoms with E-state index in [4.69, 9.17) is 4.74 Å². The summed E-state index contributed by atoms with van der Waals surface area (Å²) in [4.78, 5) is 6.79. The van der Waals surface area contributed by atoms with Crippen molar-refractivity contribution in [2.75, 3.05) is 26.7 Å². The fourth-order valence-corrected chi connectivity index (χ4v) is 4.62. The Morgan fingerprint density at radius 3 is 2.59 bits per heavy atom. The molecule has 0 bridgehead atoms. The zero-order valence-electron chi connectivity index (χ0n) is 14.1. The van der Waals surface area contributed by atoms with Gasteiger partial charge < -0.3 is 20.1 Å². The van der Waals surface area contributed by atoms with Crippen LogP contribution in [0, 0.1) is 5.41 Å². The van der Waals surface area contributed by atoms with Gasteiger partial charge in [0, 0.05) is 38.2 Å². The minimum atomic E-state index is -0.137. The second-order valence-electron chi connectivity index (χ2n) is 7.08. The largest absolute Gasteiger partial charge is 0.393 e. The predicted molar refractivity (Wildman–Crippen MR) is 88.0 cm³/mol. The van der Waals surface area contributed by atoms with Crippen molar-refractivity contribution in [2.24, 2.45) is 10.4 Å². The number of piperidine rings is 1. The Labute approximate surface area is 134 Å². The summed E-state index contributed by atoms with van der Waals surface area (Å²) in [6, 6.07) is 0.497. The Bertz CT molecular complexity index is 399. The first-order valence-electron chi connectivity index (χ1n) is 8.97. The van der Waals surface area contributed by atoms with Gasteiger partial charge in [0.05, 0.1) is 12.2 Å². The molecular formula is C17H31N3O2. The zero-order chi connectivity index (χ0) is 15.6. The van der Waals surface area contributed by atoms with Gasteiger partial charge in [0.1, 0.15) is 0 Å². The number of guanidine groups is 1. The van der Waals surface area contributed by atoms with Gasteiger partial charge in [-0.25, -0.2) is 0 Å². The molecule has 2 aliphatic carbocycles. The zero-order valence-corrected chi connectivity index (χ0v) is 14.1. The van der Waals surface area contributed by atoms with E-state index < -0.39 is 0 Å². The molecule has 1 saturated heterocycles. The second kappa shape index (κ2) is 6.75. The SMILES string of the molecule is CCOC1CC(NC(=NC)N2CCC(O)CC2)C12CCCC2. The molecular weight excluding hydrogens is 278 g/mol. The van der Waals surface area contributed by atoms with E-state index >= 15 is 0 Å². The van der Waals surface area contributed by atoms with E-state index in [0.29, 0.717) is 17.6 Å². The fraction of sp³-hybridized carbons (Fsp3) is 0.941. The average molecular weight is 309 g/mol. The molecule has 3 aliphatic rings. The monoisotopic (exact) mass is 309 g/mol. The molecule has 2 saturated carbocycles. The maximum absolute atomic E-state index is 9.68. The number of nitrogens with zero attached hydrogens (tertiary/aromatic N) is 2. The molecule has 22 heavy (non-hydrogen) atoms. The number of aliphatic hydroxyl groups excluding tert-OH is 1. The van der Waals surface area contributed by atoms with E-state index in [0.717, 1.165) is 44.9 Å². The normalized spacial score (nSPS) is 32.3. The van der Waals surface area contributed by atoms with Gasteiger partial charge in [-0.2, -0.15) is 0 Å². The molecule has 0 aromatic heterocycles. The highest BCUT2D eigenvalue weighted by atomic mass is 16.5. The number of hydrogen-bond acceptors (Lipinski definition) is 3. The molecule has 0 amide bonds.